The normalized spacial score (nSPS) is 11.5. The molecule has 20 heavy (non-hydrogen) atoms. The quantitative estimate of drug-likeness (QED) is 0.834. The summed E-state index contributed by atoms with van der Waals surface area (Å²) >= 11 is 5.82. The zero-order chi connectivity index (χ0) is 14.8. The number of halogens is 1. The summed E-state index contributed by atoms with van der Waals surface area (Å²) in [6.45, 7) is 1.81. The largest absolute Gasteiger partial charge is 0.398 e. The number of aromatic nitrogens is 2. The van der Waals surface area contributed by atoms with E-state index in [1.807, 2.05) is 0 Å². The molecule has 0 atom stereocenters. The first kappa shape index (κ1) is 14.7. The van der Waals surface area contributed by atoms with Gasteiger partial charge in [0.25, 0.3) is 0 Å². The molecule has 0 aliphatic carbocycles. The number of nitrogens with zero attached hydrogens (tertiary/aromatic N) is 2. The molecule has 2 aromatic rings. The van der Waals surface area contributed by atoms with Gasteiger partial charge < -0.3 is 5.73 Å². The van der Waals surface area contributed by atoms with Crippen LogP contribution >= 0.6 is 11.6 Å². The van der Waals surface area contributed by atoms with Gasteiger partial charge in [0, 0.05) is 6.20 Å². The van der Waals surface area contributed by atoms with Gasteiger partial charge in [-0.05, 0) is 31.2 Å². The van der Waals surface area contributed by atoms with Crippen LogP contribution in [-0.2, 0) is 16.6 Å². The molecule has 0 saturated carbocycles. The average molecular weight is 313 g/mol. The molecule has 0 spiro atoms. The summed E-state index contributed by atoms with van der Waals surface area (Å²) in [6, 6.07) is 5.80. The minimum absolute atomic E-state index is 0.0579. The predicted octanol–water partition coefficient (Wildman–Crippen LogP) is 1.50. The van der Waals surface area contributed by atoms with Gasteiger partial charge in [0.05, 0.1) is 27.8 Å². The second kappa shape index (κ2) is 5.74. The van der Waals surface area contributed by atoms with Crippen LogP contribution < -0.4 is 10.5 Å². The highest BCUT2D eigenvalue weighted by molar-refractivity contribution is 7.89. The number of aryl methyl sites for hydroxylation is 1. The molecule has 1 heterocycles. The summed E-state index contributed by atoms with van der Waals surface area (Å²) in [5.41, 5.74) is 6.47. The van der Waals surface area contributed by atoms with Gasteiger partial charge >= 0.3 is 0 Å². The van der Waals surface area contributed by atoms with Gasteiger partial charge in [0.15, 0.2) is 0 Å². The molecule has 0 radical (unpaired) electrons. The first-order chi connectivity index (χ1) is 9.38. The second-order valence-electron chi connectivity index (χ2n) is 4.10. The smallest absolute Gasteiger partial charge is 0.240 e. The van der Waals surface area contributed by atoms with E-state index in [1.165, 1.54) is 18.2 Å². The van der Waals surface area contributed by atoms with Crippen LogP contribution in [0, 0.1) is 6.92 Å². The summed E-state index contributed by atoms with van der Waals surface area (Å²) in [5, 5.41) is 0.200. The lowest BCUT2D eigenvalue weighted by Crippen LogP contribution is -2.24. The van der Waals surface area contributed by atoms with E-state index in [2.05, 4.69) is 14.7 Å². The Kier molecular flexibility index (Phi) is 4.22. The molecule has 2 rings (SSSR count). The summed E-state index contributed by atoms with van der Waals surface area (Å²) < 4.78 is 26.6. The summed E-state index contributed by atoms with van der Waals surface area (Å²) in [7, 11) is -3.66. The first-order valence-electron chi connectivity index (χ1n) is 5.72. The topological polar surface area (TPSA) is 98.0 Å². The molecule has 0 fully saturated rings. The summed E-state index contributed by atoms with van der Waals surface area (Å²) in [5.74, 6) is 0.581. The Morgan fingerprint density at radius 3 is 2.75 bits per heavy atom. The van der Waals surface area contributed by atoms with E-state index in [0.29, 0.717) is 17.2 Å². The average Bonchev–Trinajstić information content (AvgIpc) is 2.40. The lowest BCUT2D eigenvalue weighted by Gasteiger charge is -2.08. The molecule has 0 unspecified atom stereocenters. The van der Waals surface area contributed by atoms with Crippen molar-refractivity contribution in [2.45, 2.75) is 18.4 Å². The monoisotopic (exact) mass is 312 g/mol. The zero-order valence-corrected chi connectivity index (χ0v) is 12.2. The van der Waals surface area contributed by atoms with Gasteiger partial charge in [-0.3, -0.25) is 0 Å². The molecule has 6 nitrogen and oxygen atoms in total. The first-order valence-corrected chi connectivity index (χ1v) is 7.58. The summed E-state index contributed by atoms with van der Waals surface area (Å²) in [6.07, 6.45) is 1.58. The van der Waals surface area contributed by atoms with E-state index in [-0.39, 0.29) is 16.5 Å². The molecule has 0 aliphatic heterocycles. The molecule has 1 aromatic carbocycles. The van der Waals surface area contributed by atoms with Crippen molar-refractivity contribution >= 4 is 27.3 Å². The van der Waals surface area contributed by atoms with Crippen LogP contribution in [0.2, 0.25) is 5.02 Å². The Balaban J connectivity index is 2.17. The third-order valence-electron chi connectivity index (χ3n) is 2.56. The standard InChI is InChI=1S/C12H13ClN4O2S/c1-8-15-5-4-9(17-8)7-16-20(18,19)10-2-3-12(14)11(13)6-10/h2-6,16H,7,14H2,1H3. The Morgan fingerprint density at radius 1 is 1.35 bits per heavy atom. The number of hydrogen-bond acceptors (Lipinski definition) is 5. The molecular formula is C12H13ClN4O2S. The van der Waals surface area contributed by atoms with Crippen LogP contribution in [0.3, 0.4) is 0 Å². The number of hydrogen-bond donors (Lipinski definition) is 2. The number of nitrogens with one attached hydrogen (secondary N) is 1. The minimum atomic E-state index is -3.66. The number of nitrogens with two attached hydrogens (primary N) is 1. The van der Waals surface area contributed by atoms with Crippen LogP contribution in [0.25, 0.3) is 0 Å². The van der Waals surface area contributed by atoms with Gasteiger partial charge in [0.1, 0.15) is 5.82 Å². The van der Waals surface area contributed by atoms with Crippen molar-refractivity contribution in [3.63, 3.8) is 0 Å². The molecular weight excluding hydrogens is 300 g/mol. The van der Waals surface area contributed by atoms with Crippen LogP contribution in [0.1, 0.15) is 11.5 Å². The van der Waals surface area contributed by atoms with Crippen LogP contribution in [0.4, 0.5) is 5.69 Å². The third-order valence-corrected chi connectivity index (χ3v) is 4.29. The number of anilines is 1. The number of benzene rings is 1. The highest BCUT2D eigenvalue weighted by Gasteiger charge is 2.15. The van der Waals surface area contributed by atoms with Crippen molar-refractivity contribution in [3.05, 3.63) is 47.0 Å². The maximum atomic E-state index is 12.1. The van der Waals surface area contributed by atoms with E-state index >= 15 is 0 Å². The number of nitrogen functional groups attached to an aromatic ring is 1. The number of rotatable bonds is 4. The van der Waals surface area contributed by atoms with Crippen LogP contribution in [0.5, 0.6) is 0 Å². The summed E-state index contributed by atoms with van der Waals surface area (Å²) in [4.78, 5) is 8.12. The minimum Gasteiger partial charge on any atom is -0.398 e. The third kappa shape index (κ3) is 3.44. The fourth-order valence-corrected chi connectivity index (χ4v) is 2.80. The molecule has 0 amide bonds. The van der Waals surface area contributed by atoms with Gasteiger partial charge in [-0.15, -0.1) is 0 Å². The maximum Gasteiger partial charge on any atom is 0.240 e. The van der Waals surface area contributed by atoms with E-state index < -0.39 is 10.0 Å². The van der Waals surface area contributed by atoms with E-state index in [4.69, 9.17) is 17.3 Å². The lowest BCUT2D eigenvalue weighted by atomic mass is 10.3. The molecule has 8 heteroatoms. The molecule has 3 N–H and O–H groups in total. The van der Waals surface area contributed by atoms with Crippen molar-refractivity contribution in [1.29, 1.82) is 0 Å². The van der Waals surface area contributed by atoms with Crippen molar-refractivity contribution in [3.8, 4) is 0 Å². The lowest BCUT2D eigenvalue weighted by molar-refractivity contribution is 0.580. The Hall–Kier alpha value is -1.70. The van der Waals surface area contributed by atoms with Gasteiger partial charge in [-0.1, -0.05) is 11.6 Å². The van der Waals surface area contributed by atoms with Gasteiger partial charge in [0.2, 0.25) is 10.0 Å². The van der Waals surface area contributed by atoms with Crippen LogP contribution in [-0.4, -0.2) is 18.4 Å². The highest BCUT2D eigenvalue weighted by atomic mass is 35.5. The Labute approximate surface area is 122 Å². The van der Waals surface area contributed by atoms with Crippen molar-refractivity contribution in [2.75, 3.05) is 5.73 Å². The fraction of sp³-hybridized carbons (Fsp3) is 0.167. The molecule has 106 valence electrons. The zero-order valence-electron chi connectivity index (χ0n) is 10.7. The van der Waals surface area contributed by atoms with E-state index in [9.17, 15) is 8.42 Å². The molecule has 0 saturated heterocycles. The Bertz CT molecular complexity index is 734. The van der Waals surface area contributed by atoms with E-state index in [1.54, 1.807) is 19.2 Å². The molecule has 0 bridgehead atoms. The van der Waals surface area contributed by atoms with Crippen molar-refractivity contribution < 1.29 is 8.42 Å². The highest BCUT2D eigenvalue weighted by Crippen LogP contribution is 2.22. The van der Waals surface area contributed by atoms with E-state index in [0.717, 1.165) is 0 Å². The van der Waals surface area contributed by atoms with Gasteiger partial charge in [-0.25, -0.2) is 23.1 Å². The molecule has 1 aromatic heterocycles. The van der Waals surface area contributed by atoms with Crippen LogP contribution in [0.15, 0.2) is 35.4 Å². The van der Waals surface area contributed by atoms with Crippen molar-refractivity contribution in [2.24, 2.45) is 0 Å². The molecule has 0 aliphatic rings. The fourth-order valence-electron chi connectivity index (χ4n) is 1.53. The number of sulfonamides is 1. The SMILES string of the molecule is Cc1nccc(CNS(=O)(=O)c2ccc(N)c(Cl)c2)n1. The predicted molar refractivity (Wildman–Crippen MR) is 76.7 cm³/mol. The van der Waals surface area contributed by atoms with Crippen molar-refractivity contribution in [1.82, 2.24) is 14.7 Å². The maximum absolute atomic E-state index is 12.1. The second-order valence-corrected chi connectivity index (χ2v) is 6.28. The van der Waals surface area contributed by atoms with Gasteiger partial charge in [-0.2, -0.15) is 0 Å². The Morgan fingerprint density at radius 2 is 2.10 bits per heavy atom.